The molecule has 2 aromatic carbocycles. The minimum Gasteiger partial charge on any atom is -0.497 e. The molecule has 0 saturated carbocycles. The second-order valence-electron chi connectivity index (χ2n) is 7.54. The van der Waals surface area contributed by atoms with Crippen LogP contribution >= 0.6 is 35.0 Å². The van der Waals surface area contributed by atoms with Crippen LogP contribution in [-0.4, -0.2) is 47.9 Å². The third-order valence-corrected chi connectivity index (χ3v) is 6.72. The molecule has 0 N–H and O–H groups in total. The number of benzene rings is 2. The Hall–Kier alpha value is -2.48. The van der Waals surface area contributed by atoms with Crippen molar-refractivity contribution in [3.63, 3.8) is 0 Å². The number of methoxy groups -OCH3 is 1. The number of carbonyl (C=O) groups excluding carboxylic acids is 1. The third kappa shape index (κ3) is 6.31. The minimum absolute atomic E-state index is 0.158. The molecule has 1 aromatic heterocycles. The molecule has 0 bridgehead atoms. The van der Waals surface area contributed by atoms with Gasteiger partial charge in [0.05, 0.1) is 35.7 Å². The summed E-state index contributed by atoms with van der Waals surface area (Å²) < 4.78 is 7.18. The minimum atomic E-state index is -0.356. The Morgan fingerprint density at radius 3 is 2.55 bits per heavy atom. The summed E-state index contributed by atoms with van der Waals surface area (Å²) in [6, 6.07) is 13.3. The van der Waals surface area contributed by atoms with Gasteiger partial charge in [-0.2, -0.15) is 4.99 Å². The van der Waals surface area contributed by atoms with E-state index in [1.807, 2.05) is 55.1 Å². The maximum Gasteiger partial charge on any atom is 0.296 e. The number of imidazole rings is 1. The Labute approximate surface area is 208 Å². The van der Waals surface area contributed by atoms with Crippen LogP contribution in [-0.2, 0) is 5.75 Å². The Morgan fingerprint density at radius 2 is 1.94 bits per heavy atom. The van der Waals surface area contributed by atoms with Gasteiger partial charge in [-0.25, -0.2) is 4.98 Å². The van der Waals surface area contributed by atoms with Gasteiger partial charge in [-0.05, 0) is 41.8 Å². The molecule has 6 nitrogen and oxygen atoms in total. The Kier molecular flexibility index (Phi) is 8.83. The van der Waals surface area contributed by atoms with Crippen molar-refractivity contribution in [2.75, 3.05) is 21.2 Å². The van der Waals surface area contributed by atoms with Crippen molar-refractivity contribution >= 4 is 47.2 Å². The van der Waals surface area contributed by atoms with Crippen molar-refractivity contribution in [3.05, 3.63) is 75.5 Å². The smallest absolute Gasteiger partial charge is 0.296 e. The summed E-state index contributed by atoms with van der Waals surface area (Å²) in [6.45, 7) is 2.06. The van der Waals surface area contributed by atoms with Gasteiger partial charge in [0.25, 0.3) is 5.91 Å². The van der Waals surface area contributed by atoms with Crippen molar-refractivity contribution in [3.8, 4) is 5.75 Å². The Morgan fingerprint density at radius 1 is 1.21 bits per heavy atom. The zero-order chi connectivity index (χ0) is 24.0. The highest BCUT2D eigenvalue weighted by molar-refractivity contribution is 7.98. The normalized spacial score (nSPS) is 12.2. The highest BCUT2D eigenvalue weighted by Gasteiger charge is 2.24. The second kappa shape index (κ2) is 11.6. The van der Waals surface area contributed by atoms with Crippen molar-refractivity contribution in [1.82, 2.24) is 14.5 Å². The molecule has 0 radical (unpaired) electrons. The van der Waals surface area contributed by atoms with E-state index in [-0.39, 0.29) is 11.9 Å². The molecule has 0 fully saturated rings. The first kappa shape index (κ1) is 25.1. The number of aliphatic imine (C=N–C) groups is 1. The van der Waals surface area contributed by atoms with Gasteiger partial charge in [-0.3, -0.25) is 4.79 Å². The monoisotopic (exact) mass is 504 g/mol. The summed E-state index contributed by atoms with van der Waals surface area (Å²) in [5.41, 5.74) is 2.49. The first-order valence-corrected chi connectivity index (χ1v) is 12.1. The number of thioether (sulfide) groups is 1. The SMILES string of the molecule is CCC(c1ccc(Cl)c(Cl)c1)n1c(C(=O)N=CN(C)C)cnc1SCc1ccc(OC)cc1. The van der Waals surface area contributed by atoms with Gasteiger partial charge in [0.15, 0.2) is 5.16 Å². The second-order valence-corrected chi connectivity index (χ2v) is 9.30. The number of halogens is 2. The fourth-order valence-electron chi connectivity index (χ4n) is 3.30. The van der Waals surface area contributed by atoms with E-state index in [1.165, 1.54) is 6.34 Å². The average molecular weight is 505 g/mol. The highest BCUT2D eigenvalue weighted by Crippen LogP contribution is 2.34. The first-order valence-electron chi connectivity index (χ1n) is 10.4. The van der Waals surface area contributed by atoms with Crippen molar-refractivity contribution in [1.29, 1.82) is 0 Å². The van der Waals surface area contributed by atoms with E-state index in [9.17, 15) is 4.79 Å². The lowest BCUT2D eigenvalue weighted by Crippen LogP contribution is -2.17. The molecular formula is C24H26Cl2N4O2S. The van der Waals surface area contributed by atoms with Crippen LogP contribution in [0.3, 0.4) is 0 Å². The fourth-order valence-corrected chi connectivity index (χ4v) is 4.59. The van der Waals surface area contributed by atoms with Crippen LogP contribution in [0.25, 0.3) is 0 Å². The van der Waals surface area contributed by atoms with Gasteiger partial charge >= 0.3 is 0 Å². The topological polar surface area (TPSA) is 59.7 Å². The molecule has 0 aliphatic carbocycles. The van der Waals surface area contributed by atoms with E-state index >= 15 is 0 Å². The lowest BCUT2D eigenvalue weighted by Gasteiger charge is -2.22. The number of aromatic nitrogens is 2. The molecule has 3 rings (SSSR count). The third-order valence-electron chi connectivity index (χ3n) is 4.94. The summed E-state index contributed by atoms with van der Waals surface area (Å²) in [5, 5.41) is 1.69. The van der Waals surface area contributed by atoms with Crippen LogP contribution in [0, 0.1) is 0 Å². The van der Waals surface area contributed by atoms with E-state index in [2.05, 4.69) is 16.9 Å². The molecule has 0 aliphatic rings. The molecule has 1 heterocycles. The molecule has 0 saturated heterocycles. The summed E-state index contributed by atoms with van der Waals surface area (Å²) in [5.74, 6) is 1.14. The molecule has 1 amide bonds. The number of hydrogen-bond donors (Lipinski definition) is 0. The van der Waals surface area contributed by atoms with E-state index in [4.69, 9.17) is 27.9 Å². The molecule has 3 aromatic rings. The summed E-state index contributed by atoms with van der Waals surface area (Å²) in [4.78, 5) is 23.3. The molecule has 9 heteroatoms. The highest BCUT2D eigenvalue weighted by atomic mass is 35.5. The van der Waals surface area contributed by atoms with Crippen molar-refractivity contribution in [2.45, 2.75) is 30.3 Å². The predicted molar refractivity (Wildman–Crippen MR) is 136 cm³/mol. The fraction of sp³-hybridized carbons (Fsp3) is 0.292. The van der Waals surface area contributed by atoms with E-state index in [0.717, 1.165) is 28.5 Å². The lowest BCUT2D eigenvalue weighted by molar-refractivity contribution is 0.0991. The van der Waals surface area contributed by atoms with Crippen LogP contribution in [0.2, 0.25) is 10.0 Å². The van der Waals surface area contributed by atoms with Crippen LogP contribution in [0.15, 0.2) is 58.8 Å². The Balaban J connectivity index is 1.99. The van der Waals surface area contributed by atoms with Gasteiger partial charge in [0.1, 0.15) is 11.4 Å². The van der Waals surface area contributed by atoms with Crippen LogP contribution in [0.1, 0.15) is 41.0 Å². The Bertz CT molecular complexity index is 1130. The van der Waals surface area contributed by atoms with Crippen LogP contribution < -0.4 is 4.74 Å². The van der Waals surface area contributed by atoms with Gasteiger partial charge < -0.3 is 14.2 Å². The van der Waals surface area contributed by atoms with Crippen molar-refractivity contribution < 1.29 is 9.53 Å². The average Bonchev–Trinajstić information content (AvgIpc) is 3.23. The molecule has 174 valence electrons. The number of rotatable bonds is 9. The largest absolute Gasteiger partial charge is 0.497 e. The first-order chi connectivity index (χ1) is 15.8. The molecule has 0 aliphatic heterocycles. The van der Waals surface area contributed by atoms with Gasteiger partial charge in [0, 0.05) is 19.8 Å². The number of ether oxygens (including phenoxy) is 1. The van der Waals surface area contributed by atoms with Gasteiger partial charge in [0.2, 0.25) is 0 Å². The van der Waals surface area contributed by atoms with E-state index in [1.54, 1.807) is 36.0 Å². The maximum atomic E-state index is 12.9. The molecule has 33 heavy (non-hydrogen) atoms. The number of amides is 1. The zero-order valence-electron chi connectivity index (χ0n) is 19.0. The number of hydrogen-bond acceptors (Lipinski definition) is 4. The standard InChI is InChI=1S/C24H26Cl2N4O2S/c1-5-21(17-8-11-19(25)20(26)12-17)30-22(23(31)28-15-29(2)3)13-27-24(30)33-14-16-6-9-18(32-4)10-7-16/h6-13,15,21H,5,14H2,1-4H3. The van der Waals surface area contributed by atoms with Crippen LogP contribution in [0.5, 0.6) is 5.75 Å². The summed E-state index contributed by atoms with van der Waals surface area (Å²) in [7, 11) is 5.27. The summed E-state index contributed by atoms with van der Waals surface area (Å²) >= 11 is 14.0. The lowest BCUT2D eigenvalue weighted by atomic mass is 10.0. The molecule has 1 unspecified atom stereocenters. The quantitative estimate of drug-likeness (QED) is 0.196. The van der Waals surface area contributed by atoms with E-state index < -0.39 is 0 Å². The van der Waals surface area contributed by atoms with Crippen molar-refractivity contribution in [2.24, 2.45) is 4.99 Å². The predicted octanol–water partition coefficient (Wildman–Crippen LogP) is 6.22. The maximum absolute atomic E-state index is 12.9. The van der Waals surface area contributed by atoms with E-state index in [0.29, 0.717) is 21.5 Å². The van der Waals surface area contributed by atoms with Crippen LogP contribution in [0.4, 0.5) is 0 Å². The molecule has 1 atom stereocenters. The van der Waals surface area contributed by atoms with Gasteiger partial charge in [-0.15, -0.1) is 0 Å². The number of nitrogens with zero attached hydrogens (tertiary/aromatic N) is 4. The number of carbonyl (C=O) groups is 1. The molecule has 0 spiro atoms. The zero-order valence-corrected chi connectivity index (χ0v) is 21.3. The van der Waals surface area contributed by atoms with Gasteiger partial charge in [-0.1, -0.05) is 60.1 Å². The molecular weight excluding hydrogens is 479 g/mol. The summed E-state index contributed by atoms with van der Waals surface area (Å²) in [6.07, 6.45) is 3.80.